The molecule has 0 unspecified atom stereocenters. The van der Waals surface area contributed by atoms with Crippen molar-refractivity contribution in [3.05, 3.63) is 36.3 Å². The van der Waals surface area contributed by atoms with Gasteiger partial charge < -0.3 is 15.5 Å². The predicted molar refractivity (Wildman–Crippen MR) is 82.0 cm³/mol. The Labute approximate surface area is 128 Å². The molecule has 0 saturated heterocycles. The van der Waals surface area contributed by atoms with Crippen LogP contribution < -0.4 is 11.1 Å². The first-order valence-corrected chi connectivity index (χ1v) is 7.63. The van der Waals surface area contributed by atoms with Gasteiger partial charge in [0.05, 0.1) is 12.1 Å². The zero-order valence-electron chi connectivity index (χ0n) is 12.4. The van der Waals surface area contributed by atoms with Gasteiger partial charge in [0.25, 0.3) is 0 Å². The highest BCUT2D eigenvalue weighted by Crippen LogP contribution is 2.28. The van der Waals surface area contributed by atoms with Gasteiger partial charge in [-0.15, -0.1) is 0 Å². The number of primary amides is 1. The van der Waals surface area contributed by atoms with E-state index in [1.54, 1.807) is 0 Å². The third-order valence-electron chi connectivity index (χ3n) is 4.31. The Balaban J connectivity index is 1.72. The quantitative estimate of drug-likeness (QED) is 0.888. The van der Waals surface area contributed by atoms with Crippen molar-refractivity contribution in [1.82, 2.24) is 14.7 Å². The van der Waals surface area contributed by atoms with Gasteiger partial charge in [0.1, 0.15) is 11.2 Å². The minimum atomic E-state index is -0.880. The number of aromatic nitrogens is 2. The largest absolute Gasteiger partial charge is 0.368 e. The van der Waals surface area contributed by atoms with Crippen molar-refractivity contribution in [2.45, 2.75) is 44.1 Å². The Morgan fingerprint density at radius 2 is 2.05 bits per heavy atom. The number of pyridine rings is 1. The fraction of sp³-hybridized carbons (Fsp3) is 0.438. The second-order valence-corrected chi connectivity index (χ2v) is 5.93. The number of carbonyl (C=O) groups is 2. The van der Waals surface area contributed by atoms with E-state index in [1.807, 2.05) is 35.0 Å². The van der Waals surface area contributed by atoms with Crippen molar-refractivity contribution in [3.63, 3.8) is 0 Å². The fourth-order valence-electron chi connectivity index (χ4n) is 3.14. The van der Waals surface area contributed by atoms with Gasteiger partial charge in [-0.3, -0.25) is 9.59 Å². The molecule has 0 atom stereocenters. The number of hydrogen-bond acceptors (Lipinski definition) is 3. The van der Waals surface area contributed by atoms with Crippen LogP contribution in [0.2, 0.25) is 0 Å². The van der Waals surface area contributed by atoms with Crippen LogP contribution in [0.3, 0.4) is 0 Å². The van der Waals surface area contributed by atoms with Crippen LogP contribution in [-0.2, 0) is 16.0 Å². The number of carbonyl (C=O) groups excluding carboxylic acids is 2. The molecule has 6 nitrogen and oxygen atoms in total. The summed E-state index contributed by atoms with van der Waals surface area (Å²) in [4.78, 5) is 28.5. The van der Waals surface area contributed by atoms with Crippen LogP contribution in [0.15, 0.2) is 30.6 Å². The molecule has 1 aliphatic rings. The van der Waals surface area contributed by atoms with E-state index in [9.17, 15) is 9.59 Å². The van der Waals surface area contributed by atoms with E-state index in [4.69, 9.17) is 5.73 Å². The Kier molecular flexibility index (Phi) is 3.83. The molecule has 22 heavy (non-hydrogen) atoms. The molecule has 6 heteroatoms. The topological polar surface area (TPSA) is 89.5 Å². The van der Waals surface area contributed by atoms with Crippen LogP contribution in [-0.4, -0.2) is 26.7 Å². The fourth-order valence-corrected chi connectivity index (χ4v) is 3.14. The van der Waals surface area contributed by atoms with E-state index >= 15 is 0 Å². The Hall–Kier alpha value is -2.37. The molecule has 2 aromatic heterocycles. The number of rotatable bonds is 4. The molecule has 0 spiro atoms. The normalized spacial score (nSPS) is 17.3. The zero-order chi connectivity index (χ0) is 15.6. The lowest BCUT2D eigenvalue weighted by Gasteiger charge is -2.35. The molecular weight excluding hydrogens is 280 g/mol. The third-order valence-corrected chi connectivity index (χ3v) is 4.31. The molecular formula is C16H20N4O2. The minimum absolute atomic E-state index is 0.150. The first kappa shape index (κ1) is 14.6. The van der Waals surface area contributed by atoms with Gasteiger partial charge in [-0.25, -0.2) is 4.98 Å². The Morgan fingerprint density at radius 1 is 1.27 bits per heavy atom. The van der Waals surface area contributed by atoms with Crippen LogP contribution in [0.25, 0.3) is 5.65 Å². The first-order valence-electron chi connectivity index (χ1n) is 7.63. The molecule has 2 amide bonds. The number of nitrogens with zero attached hydrogens (tertiary/aromatic N) is 2. The molecule has 1 saturated carbocycles. The molecule has 3 N–H and O–H groups in total. The monoisotopic (exact) mass is 300 g/mol. The maximum atomic E-state index is 12.3. The highest BCUT2D eigenvalue weighted by atomic mass is 16.2. The molecule has 1 aliphatic carbocycles. The lowest BCUT2D eigenvalue weighted by molar-refractivity contribution is -0.132. The van der Waals surface area contributed by atoms with E-state index in [2.05, 4.69) is 10.3 Å². The van der Waals surface area contributed by atoms with Crippen molar-refractivity contribution in [2.75, 3.05) is 0 Å². The average molecular weight is 300 g/mol. The average Bonchev–Trinajstić information content (AvgIpc) is 2.89. The number of hydrogen-bond donors (Lipinski definition) is 2. The van der Waals surface area contributed by atoms with Crippen molar-refractivity contribution in [3.8, 4) is 0 Å². The van der Waals surface area contributed by atoms with Crippen molar-refractivity contribution < 1.29 is 9.59 Å². The molecule has 0 bridgehead atoms. The predicted octanol–water partition coefficient (Wildman–Crippen LogP) is 1.18. The van der Waals surface area contributed by atoms with Crippen LogP contribution in [0.5, 0.6) is 0 Å². The van der Waals surface area contributed by atoms with Crippen LogP contribution in [0, 0.1) is 0 Å². The van der Waals surface area contributed by atoms with Crippen molar-refractivity contribution >= 4 is 17.5 Å². The lowest BCUT2D eigenvalue weighted by atomic mass is 9.81. The molecule has 0 radical (unpaired) electrons. The van der Waals surface area contributed by atoms with Gasteiger partial charge in [-0.05, 0) is 25.0 Å². The minimum Gasteiger partial charge on any atom is -0.368 e. The molecule has 2 aromatic rings. The van der Waals surface area contributed by atoms with Gasteiger partial charge in [-0.1, -0.05) is 25.3 Å². The molecule has 1 fully saturated rings. The van der Waals surface area contributed by atoms with E-state index in [0.717, 1.165) is 24.9 Å². The van der Waals surface area contributed by atoms with Crippen molar-refractivity contribution in [1.29, 1.82) is 0 Å². The molecule has 116 valence electrons. The second kappa shape index (κ2) is 5.79. The summed E-state index contributed by atoms with van der Waals surface area (Å²) in [5.74, 6) is -0.639. The van der Waals surface area contributed by atoms with E-state index in [-0.39, 0.29) is 12.3 Å². The molecule has 0 aromatic carbocycles. The second-order valence-electron chi connectivity index (χ2n) is 5.93. The highest BCUT2D eigenvalue weighted by Gasteiger charge is 2.39. The number of imidazole rings is 1. The summed E-state index contributed by atoms with van der Waals surface area (Å²) < 4.78 is 1.87. The summed E-state index contributed by atoms with van der Waals surface area (Å²) in [5, 5.41) is 2.86. The maximum absolute atomic E-state index is 12.3. The number of nitrogens with two attached hydrogens (primary N) is 1. The third kappa shape index (κ3) is 2.81. The summed E-state index contributed by atoms with van der Waals surface area (Å²) in [5.41, 5.74) is 6.13. The van der Waals surface area contributed by atoms with E-state index < -0.39 is 11.4 Å². The summed E-state index contributed by atoms with van der Waals surface area (Å²) in [6.07, 6.45) is 8.02. The smallest absolute Gasteiger partial charge is 0.243 e. The Bertz CT molecular complexity index is 668. The maximum Gasteiger partial charge on any atom is 0.243 e. The standard InChI is InChI=1S/C16H20N4O2/c17-15(22)16(7-3-1-4-8-16)19-14(21)10-12-11-20-9-5-2-6-13(20)18-12/h2,5-6,9,11H,1,3-4,7-8,10H2,(H2,17,22)(H,19,21). The zero-order valence-corrected chi connectivity index (χ0v) is 12.4. The first-order chi connectivity index (χ1) is 10.6. The number of amides is 2. The summed E-state index contributed by atoms with van der Waals surface area (Å²) in [6.45, 7) is 0. The number of nitrogens with one attached hydrogen (secondary N) is 1. The molecule has 2 heterocycles. The summed E-state index contributed by atoms with van der Waals surface area (Å²) >= 11 is 0. The molecule has 3 rings (SSSR count). The van der Waals surface area contributed by atoms with Gasteiger partial charge in [-0.2, -0.15) is 0 Å². The van der Waals surface area contributed by atoms with Crippen molar-refractivity contribution in [2.24, 2.45) is 5.73 Å². The van der Waals surface area contributed by atoms with Crippen LogP contribution in [0.1, 0.15) is 37.8 Å². The van der Waals surface area contributed by atoms with Gasteiger partial charge in [0.15, 0.2) is 0 Å². The van der Waals surface area contributed by atoms with E-state index in [1.165, 1.54) is 0 Å². The van der Waals surface area contributed by atoms with Crippen LogP contribution >= 0.6 is 0 Å². The summed E-state index contributed by atoms with van der Waals surface area (Å²) in [6, 6.07) is 5.69. The molecule has 0 aliphatic heterocycles. The van der Waals surface area contributed by atoms with Gasteiger partial charge in [0.2, 0.25) is 11.8 Å². The lowest BCUT2D eigenvalue weighted by Crippen LogP contribution is -2.58. The van der Waals surface area contributed by atoms with Gasteiger partial charge in [0, 0.05) is 12.4 Å². The summed E-state index contributed by atoms with van der Waals surface area (Å²) in [7, 11) is 0. The SMILES string of the molecule is NC(=O)C1(NC(=O)Cc2cn3ccccc3n2)CCCCC1. The van der Waals surface area contributed by atoms with E-state index in [0.29, 0.717) is 18.5 Å². The Morgan fingerprint density at radius 3 is 2.73 bits per heavy atom. The highest BCUT2D eigenvalue weighted by molar-refractivity contribution is 5.91. The number of fused-ring (bicyclic) bond motifs is 1. The van der Waals surface area contributed by atoms with Gasteiger partial charge >= 0.3 is 0 Å². The van der Waals surface area contributed by atoms with Crippen LogP contribution in [0.4, 0.5) is 0 Å².